The SMILES string of the molecule is Cn1c(C(=O)NCC2(N)CCC2)ccc1[N+](=O)[O-]. The molecule has 0 radical (unpaired) electrons. The van der Waals surface area contributed by atoms with Crippen LogP contribution in [0.4, 0.5) is 5.82 Å². The zero-order valence-electron chi connectivity index (χ0n) is 10.2. The van der Waals surface area contributed by atoms with Crippen LogP contribution in [-0.2, 0) is 7.05 Å². The average molecular weight is 252 g/mol. The van der Waals surface area contributed by atoms with E-state index in [-0.39, 0.29) is 23.0 Å². The Balaban J connectivity index is 2.02. The van der Waals surface area contributed by atoms with Crippen molar-refractivity contribution in [2.75, 3.05) is 6.54 Å². The Morgan fingerprint density at radius 2 is 2.28 bits per heavy atom. The summed E-state index contributed by atoms with van der Waals surface area (Å²) in [6.07, 6.45) is 2.89. The van der Waals surface area contributed by atoms with Gasteiger partial charge in [0.05, 0.1) is 7.05 Å². The van der Waals surface area contributed by atoms with Gasteiger partial charge in [-0.15, -0.1) is 0 Å². The standard InChI is InChI=1S/C11H16N4O3/c1-14-8(3-4-9(14)15(17)18)10(16)13-7-11(12)5-2-6-11/h3-4H,2,5-7,12H2,1H3,(H,13,16). The highest BCUT2D eigenvalue weighted by atomic mass is 16.6. The quantitative estimate of drug-likeness (QED) is 0.603. The Hall–Kier alpha value is -1.89. The predicted octanol–water partition coefficient (Wildman–Crippen LogP) is 0.544. The van der Waals surface area contributed by atoms with Crippen LogP contribution in [0.2, 0.25) is 0 Å². The number of amides is 1. The lowest BCUT2D eigenvalue weighted by Gasteiger charge is -2.37. The molecule has 1 aliphatic rings. The number of nitrogens with zero attached hydrogens (tertiary/aromatic N) is 2. The molecule has 2 rings (SSSR count). The van der Waals surface area contributed by atoms with Crippen molar-refractivity contribution >= 4 is 11.7 Å². The highest BCUT2D eigenvalue weighted by molar-refractivity contribution is 5.93. The topological polar surface area (TPSA) is 103 Å². The number of nitrogens with two attached hydrogens (primary N) is 1. The number of carbonyl (C=O) groups is 1. The van der Waals surface area contributed by atoms with Crippen molar-refractivity contribution in [2.24, 2.45) is 12.8 Å². The molecule has 0 aliphatic heterocycles. The first kappa shape index (κ1) is 12.6. The Morgan fingerprint density at radius 1 is 1.61 bits per heavy atom. The highest BCUT2D eigenvalue weighted by Gasteiger charge is 2.33. The second-order valence-corrected chi connectivity index (χ2v) is 4.79. The van der Waals surface area contributed by atoms with Crippen molar-refractivity contribution in [3.05, 3.63) is 27.9 Å². The van der Waals surface area contributed by atoms with E-state index in [2.05, 4.69) is 5.32 Å². The number of aromatic nitrogens is 1. The summed E-state index contributed by atoms with van der Waals surface area (Å²) in [4.78, 5) is 22.0. The monoisotopic (exact) mass is 252 g/mol. The molecule has 0 spiro atoms. The largest absolute Gasteiger partial charge is 0.358 e. The normalized spacial score (nSPS) is 17.0. The molecule has 0 saturated heterocycles. The number of nitrogens with one attached hydrogen (secondary N) is 1. The van der Waals surface area contributed by atoms with Crippen molar-refractivity contribution in [1.29, 1.82) is 0 Å². The molecule has 7 nitrogen and oxygen atoms in total. The van der Waals surface area contributed by atoms with Crippen molar-refractivity contribution in [2.45, 2.75) is 24.8 Å². The third-order valence-electron chi connectivity index (χ3n) is 3.47. The van der Waals surface area contributed by atoms with Gasteiger partial charge < -0.3 is 21.2 Å². The molecule has 0 unspecified atom stereocenters. The fraction of sp³-hybridized carbons (Fsp3) is 0.545. The Kier molecular flexibility index (Phi) is 3.08. The third-order valence-corrected chi connectivity index (χ3v) is 3.47. The first-order valence-electron chi connectivity index (χ1n) is 5.80. The van der Waals surface area contributed by atoms with Crippen LogP contribution in [0.1, 0.15) is 29.8 Å². The highest BCUT2D eigenvalue weighted by Crippen LogP contribution is 2.28. The molecule has 0 atom stereocenters. The van der Waals surface area contributed by atoms with E-state index in [1.165, 1.54) is 23.7 Å². The van der Waals surface area contributed by atoms with Gasteiger partial charge in [-0.2, -0.15) is 0 Å². The number of rotatable bonds is 4. The maximum Gasteiger partial charge on any atom is 0.323 e. The summed E-state index contributed by atoms with van der Waals surface area (Å²) in [6, 6.07) is 2.76. The first-order chi connectivity index (χ1) is 8.43. The zero-order chi connectivity index (χ0) is 13.3. The number of carbonyl (C=O) groups excluding carboxylic acids is 1. The molecule has 3 N–H and O–H groups in total. The van der Waals surface area contributed by atoms with Crippen LogP contribution >= 0.6 is 0 Å². The molecule has 7 heteroatoms. The van der Waals surface area contributed by atoms with Crippen LogP contribution < -0.4 is 11.1 Å². The Morgan fingerprint density at radius 3 is 2.72 bits per heavy atom. The molecule has 1 amide bonds. The van der Waals surface area contributed by atoms with E-state index >= 15 is 0 Å². The Bertz CT molecular complexity index is 490. The molecule has 1 saturated carbocycles. The molecule has 1 aliphatic carbocycles. The van der Waals surface area contributed by atoms with E-state index in [0.29, 0.717) is 6.54 Å². The number of nitro groups is 1. The van der Waals surface area contributed by atoms with Crippen LogP contribution in [0.25, 0.3) is 0 Å². The summed E-state index contributed by atoms with van der Waals surface area (Å²) in [5, 5.41) is 13.4. The second-order valence-electron chi connectivity index (χ2n) is 4.79. The van der Waals surface area contributed by atoms with Crippen molar-refractivity contribution in [1.82, 2.24) is 9.88 Å². The van der Waals surface area contributed by atoms with Crippen LogP contribution in [0.5, 0.6) is 0 Å². The summed E-state index contributed by atoms with van der Waals surface area (Å²) >= 11 is 0. The lowest BCUT2D eigenvalue weighted by Crippen LogP contribution is -2.55. The molecule has 0 bridgehead atoms. The van der Waals surface area contributed by atoms with Gasteiger partial charge in [-0.1, -0.05) is 0 Å². The first-order valence-corrected chi connectivity index (χ1v) is 5.80. The minimum Gasteiger partial charge on any atom is -0.358 e. The van der Waals surface area contributed by atoms with Gasteiger partial charge in [-0.05, 0) is 30.3 Å². The van der Waals surface area contributed by atoms with Gasteiger partial charge in [0.15, 0.2) is 5.69 Å². The van der Waals surface area contributed by atoms with E-state index in [1.807, 2.05) is 0 Å². The maximum atomic E-state index is 11.9. The summed E-state index contributed by atoms with van der Waals surface area (Å²) < 4.78 is 1.26. The van der Waals surface area contributed by atoms with Gasteiger partial charge >= 0.3 is 5.82 Å². The fourth-order valence-electron chi connectivity index (χ4n) is 2.07. The summed E-state index contributed by atoms with van der Waals surface area (Å²) in [5.74, 6) is -0.436. The molecule has 1 fully saturated rings. The van der Waals surface area contributed by atoms with Gasteiger partial charge in [-0.3, -0.25) is 4.79 Å². The minimum atomic E-state index is -0.521. The molecule has 98 valence electrons. The summed E-state index contributed by atoms with van der Waals surface area (Å²) in [7, 11) is 1.49. The van der Waals surface area contributed by atoms with Crippen molar-refractivity contribution in [3.63, 3.8) is 0 Å². The maximum absolute atomic E-state index is 11.9. The fourth-order valence-corrected chi connectivity index (χ4v) is 2.07. The molecular formula is C11H16N4O3. The molecule has 1 heterocycles. The lowest BCUT2D eigenvalue weighted by molar-refractivity contribution is -0.391. The summed E-state index contributed by atoms with van der Waals surface area (Å²) in [6.45, 7) is 0.408. The third kappa shape index (κ3) is 2.21. The van der Waals surface area contributed by atoms with Gasteiger partial charge in [0, 0.05) is 18.2 Å². The molecule has 1 aromatic rings. The van der Waals surface area contributed by atoms with Crippen molar-refractivity contribution in [3.8, 4) is 0 Å². The molecular weight excluding hydrogens is 236 g/mol. The van der Waals surface area contributed by atoms with Crippen LogP contribution in [0.15, 0.2) is 12.1 Å². The van der Waals surface area contributed by atoms with Crippen LogP contribution in [0, 0.1) is 10.1 Å². The van der Waals surface area contributed by atoms with E-state index in [1.54, 1.807) is 0 Å². The number of hydrogen-bond donors (Lipinski definition) is 2. The van der Waals surface area contributed by atoms with E-state index in [0.717, 1.165) is 19.3 Å². The van der Waals surface area contributed by atoms with Gasteiger partial charge in [0.2, 0.25) is 0 Å². The van der Waals surface area contributed by atoms with Crippen LogP contribution in [-0.4, -0.2) is 27.5 Å². The van der Waals surface area contributed by atoms with Gasteiger partial charge in [-0.25, -0.2) is 4.57 Å². The minimum absolute atomic E-state index is 0.105. The van der Waals surface area contributed by atoms with Gasteiger partial charge in [0.25, 0.3) is 5.91 Å². The smallest absolute Gasteiger partial charge is 0.323 e. The van der Waals surface area contributed by atoms with Crippen molar-refractivity contribution < 1.29 is 9.72 Å². The predicted molar refractivity (Wildman–Crippen MR) is 65.2 cm³/mol. The van der Waals surface area contributed by atoms with Crippen LogP contribution in [0.3, 0.4) is 0 Å². The molecule has 0 aromatic carbocycles. The van der Waals surface area contributed by atoms with E-state index in [9.17, 15) is 14.9 Å². The second kappa shape index (κ2) is 4.41. The Labute approximate surface area is 104 Å². The zero-order valence-corrected chi connectivity index (χ0v) is 10.2. The van der Waals surface area contributed by atoms with E-state index < -0.39 is 4.92 Å². The molecule has 18 heavy (non-hydrogen) atoms. The number of hydrogen-bond acceptors (Lipinski definition) is 4. The van der Waals surface area contributed by atoms with E-state index in [4.69, 9.17) is 5.73 Å². The molecule has 1 aromatic heterocycles. The summed E-state index contributed by atoms with van der Waals surface area (Å²) in [5.41, 5.74) is 5.96. The average Bonchev–Trinajstić information content (AvgIpc) is 2.65. The van der Waals surface area contributed by atoms with Gasteiger partial charge in [0.1, 0.15) is 0 Å². The lowest BCUT2D eigenvalue weighted by atomic mass is 9.78.